The summed E-state index contributed by atoms with van der Waals surface area (Å²) in [6, 6.07) is 7.28. The van der Waals surface area contributed by atoms with Crippen LogP contribution in [0.3, 0.4) is 0 Å². The number of halogens is 5. The summed E-state index contributed by atoms with van der Waals surface area (Å²) in [6.07, 6.45) is -5.06. The predicted molar refractivity (Wildman–Crippen MR) is 113 cm³/mol. The van der Waals surface area contributed by atoms with Gasteiger partial charge in [0.05, 0.1) is 11.6 Å². The maximum absolute atomic E-state index is 15.0. The molecule has 2 N–H and O–H groups in total. The maximum Gasteiger partial charge on any atom is 0.471 e. The first kappa shape index (κ1) is 24.3. The molecule has 1 aliphatic rings. The number of rotatable bonds is 6. The molecular formula is C23H19F5N4O3. The Morgan fingerprint density at radius 1 is 1.11 bits per heavy atom. The molecule has 4 rings (SSSR count). The van der Waals surface area contributed by atoms with Crippen LogP contribution in [-0.4, -0.2) is 33.7 Å². The summed E-state index contributed by atoms with van der Waals surface area (Å²) >= 11 is 0. The number of carbonyl (C=O) groups excluding carboxylic acids is 2. The van der Waals surface area contributed by atoms with Gasteiger partial charge in [-0.25, -0.2) is 8.78 Å². The van der Waals surface area contributed by atoms with E-state index in [9.17, 15) is 27.2 Å². The first-order valence-corrected chi connectivity index (χ1v) is 10.5. The van der Waals surface area contributed by atoms with E-state index >= 15 is 4.39 Å². The first-order valence-electron chi connectivity index (χ1n) is 10.5. The smallest absolute Gasteiger partial charge is 0.347 e. The number of aryl methyl sites for hydroxylation is 1. The number of carbonyl (C=O) groups is 2. The third-order valence-corrected chi connectivity index (χ3v) is 5.68. The molecule has 0 spiro atoms. The van der Waals surface area contributed by atoms with Crippen LogP contribution in [0.2, 0.25) is 0 Å². The Hall–Kier alpha value is -3.83. The van der Waals surface area contributed by atoms with Gasteiger partial charge in [-0.3, -0.25) is 9.59 Å². The van der Waals surface area contributed by atoms with Gasteiger partial charge in [-0.15, -0.1) is 0 Å². The van der Waals surface area contributed by atoms with Gasteiger partial charge in [0.2, 0.25) is 5.91 Å². The van der Waals surface area contributed by atoms with Gasteiger partial charge in [0.15, 0.2) is 5.82 Å². The molecular weight excluding hydrogens is 475 g/mol. The van der Waals surface area contributed by atoms with Crippen LogP contribution in [0.5, 0.6) is 0 Å². The number of amides is 2. The average Bonchev–Trinajstić information content (AvgIpc) is 3.44. The summed E-state index contributed by atoms with van der Waals surface area (Å²) in [5, 5.41) is 7.82. The molecule has 1 saturated carbocycles. The number of aromatic nitrogens is 2. The molecule has 3 aromatic rings. The number of alkyl halides is 3. The molecule has 35 heavy (non-hydrogen) atoms. The molecule has 2 aromatic carbocycles. The average molecular weight is 494 g/mol. The van der Waals surface area contributed by atoms with E-state index in [0.717, 1.165) is 6.07 Å². The van der Waals surface area contributed by atoms with Gasteiger partial charge in [0, 0.05) is 5.56 Å². The second-order valence-electron chi connectivity index (χ2n) is 8.27. The molecule has 1 heterocycles. The molecule has 7 nitrogen and oxygen atoms in total. The third-order valence-electron chi connectivity index (χ3n) is 5.68. The zero-order valence-electron chi connectivity index (χ0n) is 18.5. The first-order chi connectivity index (χ1) is 16.4. The van der Waals surface area contributed by atoms with Crippen LogP contribution in [0.1, 0.15) is 37.2 Å². The van der Waals surface area contributed by atoms with Crippen molar-refractivity contribution in [1.29, 1.82) is 0 Å². The van der Waals surface area contributed by atoms with Crippen LogP contribution in [0.25, 0.3) is 22.6 Å². The van der Waals surface area contributed by atoms with Crippen molar-refractivity contribution in [3.8, 4) is 22.6 Å². The second-order valence-corrected chi connectivity index (χ2v) is 8.27. The topological polar surface area (TPSA) is 97.1 Å². The highest BCUT2D eigenvalue weighted by molar-refractivity contribution is 5.95. The summed E-state index contributed by atoms with van der Waals surface area (Å²) in [5.41, 5.74) is -1.03. The van der Waals surface area contributed by atoms with Gasteiger partial charge in [-0.2, -0.15) is 18.2 Å². The van der Waals surface area contributed by atoms with Gasteiger partial charge in [-0.05, 0) is 49.9 Å². The predicted octanol–water partition coefficient (Wildman–Crippen LogP) is 4.38. The number of benzene rings is 2. The molecule has 1 unspecified atom stereocenters. The summed E-state index contributed by atoms with van der Waals surface area (Å²) in [4.78, 5) is 27.8. The van der Waals surface area contributed by atoms with Crippen molar-refractivity contribution >= 4 is 11.8 Å². The van der Waals surface area contributed by atoms with Crippen molar-refractivity contribution in [2.24, 2.45) is 0 Å². The van der Waals surface area contributed by atoms with Gasteiger partial charge >= 0.3 is 12.1 Å². The molecule has 0 bridgehead atoms. The zero-order chi connectivity index (χ0) is 25.5. The van der Waals surface area contributed by atoms with E-state index in [4.69, 9.17) is 4.52 Å². The van der Waals surface area contributed by atoms with Crippen LogP contribution in [0.4, 0.5) is 22.0 Å². The third kappa shape index (κ3) is 4.86. The number of nitrogens with zero attached hydrogens (tertiary/aromatic N) is 2. The lowest BCUT2D eigenvalue weighted by Crippen LogP contribution is -2.53. The molecule has 1 aliphatic carbocycles. The molecule has 0 aliphatic heterocycles. The molecule has 2 amide bonds. The minimum atomic E-state index is -5.13. The summed E-state index contributed by atoms with van der Waals surface area (Å²) in [6.45, 7) is 3.02. The van der Waals surface area contributed by atoms with Gasteiger partial charge in [0.1, 0.15) is 17.2 Å². The Bertz CT molecular complexity index is 1300. The zero-order valence-corrected chi connectivity index (χ0v) is 18.5. The van der Waals surface area contributed by atoms with Crippen LogP contribution in [0, 0.1) is 18.6 Å². The minimum absolute atomic E-state index is 0.00215. The molecule has 12 heteroatoms. The summed E-state index contributed by atoms with van der Waals surface area (Å²) < 4.78 is 72.4. The highest BCUT2D eigenvalue weighted by Crippen LogP contribution is 2.38. The summed E-state index contributed by atoms with van der Waals surface area (Å²) in [7, 11) is 0. The van der Waals surface area contributed by atoms with E-state index in [0.29, 0.717) is 17.0 Å². The van der Waals surface area contributed by atoms with Crippen molar-refractivity contribution in [3.63, 3.8) is 0 Å². The minimum Gasteiger partial charge on any atom is -0.347 e. The van der Waals surface area contributed by atoms with Crippen LogP contribution in [-0.2, 0) is 9.59 Å². The Labute approximate surface area is 195 Å². The van der Waals surface area contributed by atoms with E-state index in [-0.39, 0.29) is 29.9 Å². The highest BCUT2D eigenvalue weighted by Gasteiger charge is 2.55. The number of nitrogens with one attached hydrogen (secondary N) is 2. The van der Waals surface area contributed by atoms with E-state index in [1.165, 1.54) is 31.2 Å². The van der Waals surface area contributed by atoms with E-state index in [1.54, 1.807) is 18.3 Å². The van der Waals surface area contributed by atoms with E-state index < -0.39 is 41.2 Å². The Kier molecular flexibility index (Phi) is 6.07. The molecule has 0 radical (unpaired) electrons. The second kappa shape index (κ2) is 8.75. The number of hydrogen-bond donors (Lipinski definition) is 2. The van der Waals surface area contributed by atoms with Crippen molar-refractivity contribution in [1.82, 2.24) is 20.8 Å². The Morgan fingerprint density at radius 2 is 1.83 bits per heavy atom. The molecule has 0 saturated heterocycles. The normalized spacial score (nSPS) is 15.4. The van der Waals surface area contributed by atoms with E-state index in [2.05, 4.69) is 15.5 Å². The van der Waals surface area contributed by atoms with Crippen molar-refractivity contribution in [2.45, 2.75) is 44.4 Å². The fourth-order valence-electron chi connectivity index (χ4n) is 3.66. The molecule has 1 atom stereocenters. The number of hydrogen-bond acceptors (Lipinski definition) is 5. The maximum atomic E-state index is 15.0. The van der Waals surface area contributed by atoms with Crippen LogP contribution >= 0.6 is 0 Å². The fourth-order valence-corrected chi connectivity index (χ4v) is 3.66. The quantitative estimate of drug-likeness (QED) is 0.496. The standard InChI is InChI=1S/C23H19F5N4O3/c1-11(29-20(33)22(8-9-22)31-21(34)23(26,27)28)14-7-6-13(10-17(14)25)15-4-3-5-16(24)18(15)19-30-12(2)32-35-19/h3-7,10-11H,8-9H2,1-2H3,(H,29,33)(H,31,34). The van der Waals surface area contributed by atoms with E-state index in [1.807, 2.05) is 0 Å². The van der Waals surface area contributed by atoms with Crippen molar-refractivity contribution in [3.05, 3.63) is 59.4 Å². The summed E-state index contributed by atoms with van der Waals surface area (Å²) in [5.74, 6) is -4.22. The lowest BCUT2D eigenvalue weighted by molar-refractivity contribution is -0.175. The lowest BCUT2D eigenvalue weighted by Gasteiger charge is -2.22. The highest BCUT2D eigenvalue weighted by atomic mass is 19.4. The van der Waals surface area contributed by atoms with Gasteiger partial charge < -0.3 is 15.2 Å². The SMILES string of the molecule is Cc1noc(-c2c(F)cccc2-c2ccc(C(C)NC(=O)C3(NC(=O)C(F)(F)F)CC3)c(F)c2)n1. The Balaban J connectivity index is 1.55. The lowest BCUT2D eigenvalue weighted by atomic mass is 9.96. The van der Waals surface area contributed by atoms with Gasteiger partial charge in [-0.1, -0.05) is 29.4 Å². The van der Waals surface area contributed by atoms with Crippen molar-refractivity contribution in [2.75, 3.05) is 0 Å². The Morgan fingerprint density at radius 3 is 2.40 bits per heavy atom. The molecule has 184 valence electrons. The van der Waals surface area contributed by atoms with Gasteiger partial charge in [0.25, 0.3) is 5.89 Å². The molecule has 1 fully saturated rings. The molecule has 1 aromatic heterocycles. The largest absolute Gasteiger partial charge is 0.471 e. The van der Waals surface area contributed by atoms with Crippen LogP contribution < -0.4 is 10.6 Å². The van der Waals surface area contributed by atoms with Crippen molar-refractivity contribution < 1.29 is 36.1 Å². The fraction of sp³-hybridized carbons (Fsp3) is 0.304. The van der Waals surface area contributed by atoms with Crippen LogP contribution in [0.15, 0.2) is 40.9 Å². The monoisotopic (exact) mass is 494 g/mol.